The van der Waals surface area contributed by atoms with E-state index in [9.17, 15) is 19.2 Å². The molecule has 0 radical (unpaired) electrons. The Kier molecular flexibility index (Phi) is 13.4. The van der Waals surface area contributed by atoms with Crippen LogP contribution in [0.5, 0.6) is 0 Å². The van der Waals surface area contributed by atoms with Gasteiger partial charge < -0.3 is 20.5 Å². The summed E-state index contributed by atoms with van der Waals surface area (Å²) in [6.07, 6.45) is 2.79. The zero-order valence-corrected chi connectivity index (χ0v) is 23.3. The van der Waals surface area contributed by atoms with E-state index in [-0.39, 0.29) is 43.2 Å². The molecule has 8 heteroatoms. The summed E-state index contributed by atoms with van der Waals surface area (Å²) in [6, 6.07) is 17.2. The van der Waals surface area contributed by atoms with Gasteiger partial charge >= 0.3 is 11.9 Å². The number of unbranched alkanes of at least 4 members (excludes halogenated alkanes) is 1. The van der Waals surface area contributed by atoms with E-state index in [1.165, 1.54) is 0 Å². The lowest BCUT2D eigenvalue weighted by Gasteiger charge is -2.18. The molecule has 0 aromatic heterocycles. The van der Waals surface area contributed by atoms with E-state index in [2.05, 4.69) is 5.32 Å². The molecule has 3 N–H and O–H groups in total. The molecule has 0 bridgehead atoms. The van der Waals surface area contributed by atoms with Crippen molar-refractivity contribution >= 4 is 23.6 Å². The molecule has 0 saturated carbocycles. The Morgan fingerprint density at radius 1 is 0.744 bits per heavy atom. The number of carbonyl (C=O) groups is 4. The molecule has 8 nitrogen and oxygen atoms in total. The fraction of sp³-hybridized carbons (Fsp3) is 0.484. The molecule has 2 rings (SSSR count). The third-order valence-corrected chi connectivity index (χ3v) is 6.18. The number of rotatable bonds is 16. The molecule has 39 heavy (non-hydrogen) atoms. The quantitative estimate of drug-likeness (QED) is 0.245. The van der Waals surface area contributed by atoms with Crippen LogP contribution in [0.3, 0.4) is 0 Å². The van der Waals surface area contributed by atoms with E-state index in [0.29, 0.717) is 32.1 Å². The average molecular weight is 539 g/mol. The van der Waals surface area contributed by atoms with Crippen LogP contribution in [0.1, 0.15) is 64.0 Å². The summed E-state index contributed by atoms with van der Waals surface area (Å²) in [5.41, 5.74) is 7.37. The number of Topliss-reactive ketones (excluding diaryl/α,β-unsaturated/α-hetero) is 1. The number of hydrogen-bond acceptors (Lipinski definition) is 7. The number of ketones is 1. The Hall–Kier alpha value is -3.52. The Balaban J connectivity index is 1.77. The fourth-order valence-electron chi connectivity index (χ4n) is 3.82. The van der Waals surface area contributed by atoms with Crippen molar-refractivity contribution in [3.05, 3.63) is 71.8 Å². The molecule has 2 unspecified atom stereocenters. The van der Waals surface area contributed by atoms with Gasteiger partial charge in [0.15, 0.2) is 0 Å². The minimum absolute atomic E-state index is 0.0378. The van der Waals surface area contributed by atoms with Crippen LogP contribution >= 0.6 is 0 Å². The molecule has 0 saturated heterocycles. The van der Waals surface area contributed by atoms with Gasteiger partial charge in [0.2, 0.25) is 5.91 Å². The monoisotopic (exact) mass is 538 g/mol. The van der Waals surface area contributed by atoms with Gasteiger partial charge in [0.05, 0.1) is 13.2 Å². The standard InChI is InChI=1S/C31H42N2O6/c1-31(2,3)27(34)17-10-11-18-28(35)33-26(22-24-15-8-5-9-16-24)30(37)39-20-12-19-38-29(36)25(32)21-23-13-6-4-7-14-23/h4-9,13-16,25-26H,10-12,17-22,32H2,1-3H3,(H,33,35). The van der Waals surface area contributed by atoms with Crippen molar-refractivity contribution in [2.24, 2.45) is 11.1 Å². The SMILES string of the molecule is CC(C)(C)C(=O)CCCCC(=O)NC(Cc1ccccc1)C(=O)OCCCOC(=O)C(N)Cc1ccccc1. The number of nitrogens with one attached hydrogen (secondary N) is 1. The van der Waals surface area contributed by atoms with Gasteiger partial charge in [-0.15, -0.1) is 0 Å². The molecule has 0 aliphatic carbocycles. The van der Waals surface area contributed by atoms with Crippen LogP contribution in [-0.4, -0.2) is 48.9 Å². The number of hydrogen-bond donors (Lipinski definition) is 2. The average Bonchev–Trinajstić information content (AvgIpc) is 2.90. The highest BCUT2D eigenvalue weighted by Gasteiger charge is 2.24. The molecule has 0 spiro atoms. The lowest BCUT2D eigenvalue weighted by molar-refractivity contribution is -0.149. The predicted molar refractivity (Wildman–Crippen MR) is 150 cm³/mol. The minimum Gasteiger partial charge on any atom is -0.464 e. The molecule has 2 atom stereocenters. The van der Waals surface area contributed by atoms with Gasteiger partial charge in [0.1, 0.15) is 17.9 Å². The maximum atomic E-state index is 12.8. The Morgan fingerprint density at radius 3 is 1.82 bits per heavy atom. The highest BCUT2D eigenvalue weighted by atomic mass is 16.5. The molecular formula is C31H42N2O6. The van der Waals surface area contributed by atoms with Gasteiger partial charge in [0, 0.05) is 31.1 Å². The maximum Gasteiger partial charge on any atom is 0.328 e. The lowest BCUT2D eigenvalue weighted by atomic mass is 9.88. The van der Waals surface area contributed by atoms with E-state index in [1.807, 2.05) is 81.4 Å². The number of esters is 2. The van der Waals surface area contributed by atoms with Crippen LogP contribution in [0.2, 0.25) is 0 Å². The molecule has 2 aromatic rings. The fourth-order valence-corrected chi connectivity index (χ4v) is 3.82. The van der Waals surface area contributed by atoms with Crippen molar-refractivity contribution in [1.82, 2.24) is 5.32 Å². The summed E-state index contributed by atoms with van der Waals surface area (Å²) in [5.74, 6) is -1.17. The van der Waals surface area contributed by atoms with Crippen LogP contribution in [0.25, 0.3) is 0 Å². The number of carbonyl (C=O) groups excluding carboxylic acids is 4. The van der Waals surface area contributed by atoms with E-state index in [4.69, 9.17) is 15.2 Å². The predicted octanol–water partition coefficient (Wildman–Crippen LogP) is 3.94. The molecule has 0 aliphatic heterocycles. The Morgan fingerprint density at radius 2 is 1.26 bits per heavy atom. The molecule has 212 valence electrons. The first-order valence-electron chi connectivity index (χ1n) is 13.6. The van der Waals surface area contributed by atoms with Crippen LogP contribution in [0.4, 0.5) is 0 Å². The zero-order chi connectivity index (χ0) is 28.7. The van der Waals surface area contributed by atoms with Crippen molar-refractivity contribution in [2.45, 2.75) is 77.8 Å². The third-order valence-electron chi connectivity index (χ3n) is 6.18. The van der Waals surface area contributed by atoms with E-state index < -0.39 is 24.0 Å². The lowest BCUT2D eigenvalue weighted by Crippen LogP contribution is -2.43. The summed E-state index contributed by atoms with van der Waals surface area (Å²) >= 11 is 0. The van der Waals surface area contributed by atoms with Gasteiger partial charge in [0.25, 0.3) is 0 Å². The largest absolute Gasteiger partial charge is 0.464 e. The van der Waals surface area contributed by atoms with Crippen molar-refractivity contribution in [3.63, 3.8) is 0 Å². The van der Waals surface area contributed by atoms with E-state index >= 15 is 0 Å². The van der Waals surface area contributed by atoms with Crippen LogP contribution in [0, 0.1) is 5.41 Å². The first-order chi connectivity index (χ1) is 18.6. The van der Waals surface area contributed by atoms with Crippen molar-refractivity contribution in [3.8, 4) is 0 Å². The van der Waals surface area contributed by atoms with Crippen molar-refractivity contribution in [2.75, 3.05) is 13.2 Å². The highest BCUT2D eigenvalue weighted by molar-refractivity contribution is 5.85. The molecule has 0 aliphatic rings. The van der Waals surface area contributed by atoms with Gasteiger partial charge in [-0.1, -0.05) is 81.4 Å². The van der Waals surface area contributed by atoms with Gasteiger partial charge in [-0.25, -0.2) is 4.79 Å². The van der Waals surface area contributed by atoms with Crippen LogP contribution in [0.15, 0.2) is 60.7 Å². The highest BCUT2D eigenvalue weighted by Crippen LogP contribution is 2.18. The Bertz CT molecular complexity index is 1050. The molecule has 1 amide bonds. The molecule has 0 fully saturated rings. The molecule has 2 aromatic carbocycles. The van der Waals surface area contributed by atoms with Gasteiger partial charge in [-0.05, 0) is 30.4 Å². The zero-order valence-electron chi connectivity index (χ0n) is 23.3. The third kappa shape index (κ3) is 12.7. The number of ether oxygens (including phenoxy) is 2. The van der Waals surface area contributed by atoms with Crippen molar-refractivity contribution < 1.29 is 28.7 Å². The minimum atomic E-state index is -0.849. The van der Waals surface area contributed by atoms with Crippen molar-refractivity contribution in [1.29, 1.82) is 0 Å². The topological polar surface area (TPSA) is 125 Å². The summed E-state index contributed by atoms with van der Waals surface area (Å²) in [5, 5.41) is 2.78. The van der Waals surface area contributed by atoms with Crippen LogP contribution in [-0.2, 0) is 41.5 Å². The molecular weight excluding hydrogens is 496 g/mol. The van der Waals surface area contributed by atoms with E-state index in [0.717, 1.165) is 11.1 Å². The first-order valence-corrected chi connectivity index (χ1v) is 13.6. The second-order valence-electron chi connectivity index (χ2n) is 10.7. The number of nitrogens with two attached hydrogens (primary N) is 1. The summed E-state index contributed by atoms with van der Waals surface area (Å²) < 4.78 is 10.6. The van der Waals surface area contributed by atoms with Crippen LogP contribution < -0.4 is 11.1 Å². The smallest absolute Gasteiger partial charge is 0.328 e. The van der Waals surface area contributed by atoms with Gasteiger partial charge in [-0.2, -0.15) is 0 Å². The second kappa shape index (κ2) is 16.4. The normalized spacial score (nSPS) is 12.7. The van der Waals surface area contributed by atoms with E-state index in [1.54, 1.807) is 0 Å². The molecule has 0 heterocycles. The summed E-state index contributed by atoms with van der Waals surface area (Å²) in [7, 11) is 0. The maximum absolute atomic E-state index is 12.8. The Labute approximate surface area is 231 Å². The number of benzene rings is 2. The summed E-state index contributed by atoms with van der Waals surface area (Å²) in [6.45, 7) is 5.75. The second-order valence-corrected chi connectivity index (χ2v) is 10.7. The number of amides is 1. The first kappa shape index (κ1) is 31.7. The van der Waals surface area contributed by atoms with Gasteiger partial charge in [-0.3, -0.25) is 14.4 Å². The summed E-state index contributed by atoms with van der Waals surface area (Å²) in [4.78, 5) is 49.6.